The van der Waals surface area contributed by atoms with E-state index in [1.807, 2.05) is 0 Å². The van der Waals surface area contributed by atoms with Gasteiger partial charge < -0.3 is 72.1 Å². The Bertz CT molecular complexity index is 1260. The molecular weight excluding hydrogens is 694 g/mol. The first kappa shape index (κ1) is 42.3. The second-order valence-corrected chi connectivity index (χ2v) is 16.0. The summed E-state index contributed by atoms with van der Waals surface area (Å²) in [6.45, 7) is -0.240. The van der Waals surface area contributed by atoms with Gasteiger partial charge in [0.05, 0.1) is 42.9 Å². The molecule has 17 heteroatoms. The molecule has 0 radical (unpaired) electrons. The Morgan fingerprint density at radius 3 is 2.38 bits per heavy atom. The van der Waals surface area contributed by atoms with E-state index < -0.39 is 103 Å². The van der Waals surface area contributed by atoms with Gasteiger partial charge >= 0.3 is 0 Å². The number of guanidine groups is 1. The summed E-state index contributed by atoms with van der Waals surface area (Å²) in [5.74, 6) is -5.92. The lowest BCUT2D eigenvalue weighted by molar-refractivity contribution is -0.347. The monoisotopic (exact) mass is 757 g/mol. The lowest BCUT2D eigenvalue weighted by atomic mass is 9.51. The van der Waals surface area contributed by atoms with Gasteiger partial charge in [-0.3, -0.25) is 14.6 Å². The van der Waals surface area contributed by atoms with Crippen LogP contribution in [0.3, 0.4) is 0 Å². The number of aliphatic hydroxyl groups is 7. The van der Waals surface area contributed by atoms with Gasteiger partial charge in [0.2, 0.25) is 0 Å². The Kier molecular flexibility index (Phi) is 14.7. The molecular formula is C36H63N5O12. The van der Waals surface area contributed by atoms with E-state index in [1.165, 1.54) is 14.2 Å². The van der Waals surface area contributed by atoms with Crippen LogP contribution in [0.1, 0.15) is 57.8 Å². The molecule has 304 valence electrons. The molecule has 17 nitrogen and oxygen atoms in total. The summed E-state index contributed by atoms with van der Waals surface area (Å²) in [4.78, 5) is 33.3. The average molecular weight is 758 g/mol. The fraction of sp³-hybridized carbons (Fsp3) is 0.917. The van der Waals surface area contributed by atoms with E-state index in [4.69, 9.17) is 25.7 Å². The van der Waals surface area contributed by atoms with E-state index in [0.717, 1.165) is 6.42 Å². The molecule has 2 heterocycles. The lowest BCUT2D eigenvalue weighted by Gasteiger charge is -2.55. The molecule has 13 N–H and O–H groups in total. The van der Waals surface area contributed by atoms with Gasteiger partial charge in [0.1, 0.15) is 35.5 Å². The van der Waals surface area contributed by atoms with Crippen LogP contribution in [0.15, 0.2) is 4.99 Å². The number of ether oxygens (including phenoxy) is 3. The first-order valence-corrected chi connectivity index (χ1v) is 19.3. The minimum Gasteiger partial charge on any atom is -0.396 e. The Morgan fingerprint density at radius 1 is 0.981 bits per heavy atom. The van der Waals surface area contributed by atoms with Gasteiger partial charge in [-0.2, -0.15) is 0 Å². The number of nitrogens with zero attached hydrogens (tertiary/aromatic N) is 1. The van der Waals surface area contributed by atoms with Crippen molar-refractivity contribution >= 4 is 17.5 Å². The third kappa shape index (κ3) is 8.61. The molecule has 0 aromatic carbocycles. The molecule has 5 aliphatic rings. The van der Waals surface area contributed by atoms with E-state index in [0.29, 0.717) is 45.1 Å². The Labute approximate surface area is 310 Å². The minimum atomic E-state index is -2.02. The van der Waals surface area contributed by atoms with Crippen LogP contribution in [0.4, 0.5) is 0 Å². The molecule has 0 spiro atoms. The van der Waals surface area contributed by atoms with Crippen LogP contribution in [0.25, 0.3) is 0 Å². The van der Waals surface area contributed by atoms with Crippen molar-refractivity contribution in [3.05, 3.63) is 0 Å². The van der Waals surface area contributed by atoms with Crippen LogP contribution in [-0.2, 0) is 23.8 Å². The average Bonchev–Trinajstić information content (AvgIpc) is 3.15. The second kappa shape index (κ2) is 18.4. The fourth-order valence-electron chi connectivity index (χ4n) is 10.2. The molecule has 3 aliphatic carbocycles. The van der Waals surface area contributed by atoms with Crippen LogP contribution < -0.4 is 22.1 Å². The van der Waals surface area contributed by atoms with E-state index in [1.54, 1.807) is 0 Å². The third-order valence-electron chi connectivity index (χ3n) is 13.1. The molecule has 3 saturated carbocycles. The van der Waals surface area contributed by atoms with Gasteiger partial charge in [0, 0.05) is 64.0 Å². The normalized spacial score (nSPS) is 45.1. The van der Waals surface area contributed by atoms with Crippen molar-refractivity contribution < 1.29 is 59.5 Å². The molecule has 17 atom stereocenters. The van der Waals surface area contributed by atoms with Crippen molar-refractivity contribution in [3.8, 4) is 0 Å². The topological polar surface area (TPSA) is 292 Å². The number of hydrogen-bond acceptors (Lipinski definition) is 15. The maximum absolute atomic E-state index is 14.7. The number of nitrogens with two attached hydrogens (primary N) is 2. The van der Waals surface area contributed by atoms with Crippen LogP contribution in [0.5, 0.6) is 0 Å². The molecule has 5 rings (SSSR count). The summed E-state index contributed by atoms with van der Waals surface area (Å²) in [6.07, 6.45) is -5.75. The number of carbonyl (C=O) groups is 2. The first-order valence-electron chi connectivity index (χ1n) is 19.3. The number of fused-ring (bicyclic) bond motifs is 2. The van der Waals surface area contributed by atoms with Crippen molar-refractivity contribution in [2.45, 2.75) is 112 Å². The van der Waals surface area contributed by atoms with E-state index in [-0.39, 0.29) is 55.7 Å². The van der Waals surface area contributed by atoms with Crippen molar-refractivity contribution in [1.29, 1.82) is 0 Å². The number of unbranched alkanes of at least 4 members (excludes halogenated alkanes) is 1. The second-order valence-electron chi connectivity index (χ2n) is 16.0. The summed E-state index contributed by atoms with van der Waals surface area (Å²) >= 11 is 0. The van der Waals surface area contributed by atoms with Crippen molar-refractivity contribution in [1.82, 2.24) is 10.6 Å². The minimum absolute atomic E-state index is 0.00115. The number of aliphatic hydroxyl groups excluding tert-OH is 6. The number of carbonyl (C=O) groups excluding carboxylic acids is 2. The molecule has 0 bridgehead atoms. The Hall–Kier alpha value is -1.87. The van der Waals surface area contributed by atoms with Crippen LogP contribution in [0.2, 0.25) is 0 Å². The van der Waals surface area contributed by atoms with Crippen LogP contribution in [0, 0.1) is 47.3 Å². The van der Waals surface area contributed by atoms with Crippen molar-refractivity contribution in [2.75, 3.05) is 47.1 Å². The highest BCUT2D eigenvalue weighted by Crippen LogP contribution is 2.53. The maximum atomic E-state index is 14.7. The molecule has 53 heavy (non-hydrogen) atoms. The van der Waals surface area contributed by atoms with Gasteiger partial charge in [-0.05, 0) is 63.3 Å². The van der Waals surface area contributed by atoms with E-state index in [9.17, 15) is 45.3 Å². The fourth-order valence-corrected chi connectivity index (χ4v) is 10.2. The summed E-state index contributed by atoms with van der Waals surface area (Å²) in [7, 11) is 2.95. The lowest BCUT2D eigenvalue weighted by Crippen LogP contribution is -2.69. The quantitative estimate of drug-likeness (QED) is 0.0477. The number of aliphatic imine (C=N–C) groups is 1. The van der Waals surface area contributed by atoms with Crippen LogP contribution >= 0.6 is 0 Å². The molecule has 12 unspecified atom stereocenters. The Morgan fingerprint density at radius 2 is 1.74 bits per heavy atom. The SMILES string of the molecule is CN=C(N)NCC1C(CCCCO)CC2C(=O)C3C(CO)C(OC)CC(O[C@H]4O[C@H](CO)[C@](O)(CCC5CCNC(N)C5)[C@H](O)[C@H]4O)C3C(=O)C2C1O. The van der Waals surface area contributed by atoms with Gasteiger partial charge in [-0.15, -0.1) is 0 Å². The number of methoxy groups -OCH3 is 1. The number of piperidine rings is 1. The zero-order valence-electron chi connectivity index (χ0n) is 30.9. The molecule has 0 amide bonds. The van der Waals surface area contributed by atoms with E-state index in [2.05, 4.69) is 15.6 Å². The number of nitrogens with one attached hydrogen (secondary N) is 2. The molecule has 2 aliphatic heterocycles. The number of hydrogen-bond donors (Lipinski definition) is 11. The van der Waals surface area contributed by atoms with Gasteiger partial charge in [-0.1, -0.05) is 6.42 Å². The predicted octanol–water partition coefficient (Wildman–Crippen LogP) is -3.06. The summed E-state index contributed by atoms with van der Waals surface area (Å²) in [5.41, 5.74) is 9.93. The number of rotatable bonds is 14. The van der Waals surface area contributed by atoms with E-state index >= 15 is 0 Å². The standard InChI is InChI=1S/C36H63N5O12/c1-39-35(38)41-14-20-18(5-3-4-10-42)12-19-27(30(20)46)31(47)28-23(13-22(51-2)21(15-43)26(28)29(19)45)52-34-32(48)33(49)36(50,24(16-44)53-34)8-6-17-7-9-40-25(37)11-17/h17-28,30,32-34,40,42-44,46,48-50H,3-16,37H2,1-2H3,(H3,38,39,41)/t17?,18?,19?,20?,21?,22?,23?,24-,25?,26?,27?,28?,30?,32-,33-,34+,36-/m1/s1. The molecule has 5 fully saturated rings. The highest BCUT2D eigenvalue weighted by atomic mass is 16.7. The molecule has 2 saturated heterocycles. The summed E-state index contributed by atoms with van der Waals surface area (Å²) < 4.78 is 18.0. The van der Waals surface area contributed by atoms with Gasteiger partial charge in [0.15, 0.2) is 12.2 Å². The number of Topliss-reactive ketones (excluding diaryl/α,β-unsaturated/α-hetero) is 2. The van der Waals surface area contributed by atoms with Crippen molar-refractivity contribution in [3.63, 3.8) is 0 Å². The first-order chi connectivity index (χ1) is 25.3. The largest absolute Gasteiger partial charge is 0.396 e. The highest BCUT2D eigenvalue weighted by Gasteiger charge is 2.64. The molecule has 0 aromatic rings. The predicted molar refractivity (Wildman–Crippen MR) is 190 cm³/mol. The van der Waals surface area contributed by atoms with Gasteiger partial charge in [-0.25, -0.2) is 0 Å². The van der Waals surface area contributed by atoms with Crippen LogP contribution in [-0.4, -0.2) is 155 Å². The third-order valence-corrected chi connectivity index (χ3v) is 13.1. The highest BCUT2D eigenvalue weighted by molar-refractivity contribution is 6.01. The summed E-state index contributed by atoms with van der Waals surface area (Å²) in [6, 6.07) is 0. The molecule has 0 aromatic heterocycles. The van der Waals surface area contributed by atoms with Gasteiger partial charge in [0.25, 0.3) is 0 Å². The number of ketones is 2. The summed E-state index contributed by atoms with van der Waals surface area (Å²) in [5, 5.41) is 82.8. The Balaban J connectivity index is 1.40. The smallest absolute Gasteiger partial charge is 0.188 e. The zero-order valence-corrected chi connectivity index (χ0v) is 30.9. The maximum Gasteiger partial charge on any atom is 0.188 e. The van der Waals surface area contributed by atoms with Crippen molar-refractivity contribution in [2.24, 2.45) is 63.8 Å². The zero-order chi connectivity index (χ0) is 38.6.